The van der Waals surface area contributed by atoms with Gasteiger partial charge in [0.05, 0.1) is 30.9 Å². The van der Waals surface area contributed by atoms with E-state index in [1.807, 2.05) is 66.7 Å². The molecule has 2 fully saturated rings. The molecule has 4 aromatic carbocycles. The minimum Gasteiger partial charge on any atom is -0.496 e. The molecule has 1 saturated heterocycles. The Kier molecular flexibility index (Phi) is 12.7. The second-order valence-electron chi connectivity index (χ2n) is 14.0. The Morgan fingerprint density at radius 1 is 0.925 bits per heavy atom. The van der Waals surface area contributed by atoms with Gasteiger partial charge in [0.15, 0.2) is 0 Å². The summed E-state index contributed by atoms with van der Waals surface area (Å²) in [5, 5.41) is 29.1. The zero-order chi connectivity index (χ0) is 37.3. The van der Waals surface area contributed by atoms with E-state index in [2.05, 4.69) is 34.0 Å². The average molecular weight is 733 g/mol. The Balaban J connectivity index is 1.20. The molecule has 0 bridgehead atoms. The van der Waals surface area contributed by atoms with Gasteiger partial charge < -0.3 is 30.8 Å². The van der Waals surface area contributed by atoms with Crippen molar-refractivity contribution in [3.8, 4) is 39.8 Å². The van der Waals surface area contributed by atoms with Crippen LogP contribution in [-0.4, -0.2) is 56.9 Å². The molecule has 0 aromatic heterocycles. The fraction of sp³-hybridized carbons (Fsp3) is 0.372. The highest BCUT2D eigenvalue weighted by Crippen LogP contribution is 2.40. The second-order valence-corrected chi connectivity index (χ2v) is 14.4. The predicted molar refractivity (Wildman–Crippen MR) is 213 cm³/mol. The van der Waals surface area contributed by atoms with Gasteiger partial charge in [-0.25, -0.2) is 0 Å². The van der Waals surface area contributed by atoms with Gasteiger partial charge in [-0.05, 0) is 67.3 Å². The zero-order valence-electron chi connectivity index (χ0n) is 30.9. The van der Waals surface area contributed by atoms with E-state index in [0.29, 0.717) is 48.2 Å². The van der Waals surface area contributed by atoms with Gasteiger partial charge in [0, 0.05) is 84.4 Å². The summed E-state index contributed by atoms with van der Waals surface area (Å²) in [7, 11) is 5.51. The number of rotatable bonds is 15. The lowest BCUT2D eigenvalue weighted by molar-refractivity contribution is -0.119. The number of nitrogens with zero attached hydrogens (tertiary/aromatic N) is 2. The molecular formula is C43H49ClN6O3. The maximum atomic E-state index is 11.6. The monoisotopic (exact) mass is 732 g/mol. The predicted octanol–water partition coefficient (Wildman–Crippen LogP) is 8.31. The molecule has 10 heteroatoms. The number of nitriles is 1. The highest BCUT2D eigenvalue weighted by molar-refractivity contribution is 6.36. The number of anilines is 1. The third-order valence-corrected chi connectivity index (χ3v) is 11.0. The Labute approximate surface area is 318 Å². The number of hydrogen-bond donors (Lipinski definition) is 4. The molecule has 1 saturated carbocycles. The van der Waals surface area contributed by atoms with Crippen LogP contribution in [0.2, 0.25) is 5.02 Å². The average Bonchev–Trinajstić information content (AvgIpc) is 3.61. The summed E-state index contributed by atoms with van der Waals surface area (Å²) in [6.07, 6.45) is 9.04. The van der Waals surface area contributed by atoms with Crippen LogP contribution in [0.3, 0.4) is 0 Å². The van der Waals surface area contributed by atoms with Gasteiger partial charge in [0.1, 0.15) is 11.5 Å². The third-order valence-electron chi connectivity index (χ3n) is 10.6. The van der Waals surface area contributed by atoms with E-state index in [9.17, 15) is 10.1 Å². The van der Waals surface area contributed by atoms with Crippen molar-refractivity contribution in [1.29, 1.82) is 10.7 Å². The first kappa shape index (κ1) is 37.9. The van der Waals surface area contributed by atoms with E-state index in [1.54, 1.807) is 14.2 Å². The topological polar surface area (TPSA) is 122 Å². The maximum absolute atomic E-state index is 11.6. The smallest absolute Gasteiger partial charge is 0.220 e. The molecule has 0 spiro atoms. The number of methoxy groups -OCH3 is 2. The van der Waals surface area contributed by atoms with Crippen LogP contribution in [0.1, 0.15) is 72.8 Å². The van der Waals surface area contributed by atoms with Crippen LogP contribution in [0.15, 0.2) is 66.7 Å². The number of ether oxygens (including phenoxy) is 2. The molecule has 0 radical (unpaired) electrons. The maximum Gasteiger partial charge on any atom is 0.220 e. The summed E-state index contributed by atoms with van der Waals surface area (Å²) >= 11 is 7.17. The minimum atomic E-state index is 0.109. The van der Waals surface area contributed by atoms with Gasteiger partial charge in [-0.1, -0.05) is 73.3 Å². The van der Waals surface area contributed by atoms with Crippen molar-refractivity contribution in [3.63, 3.8) is 0 Å². The van der Waals surface area contributed by atoms with E-state index < -0.39 is 0 Å². The van der Waals surface area contributed by atoms with Crippen molar-refractivity contribution in [3.05, 3.63) is 99.6 Å². The molecule has 1 aliphatic carbocycles. The summed E-state index contributed by atoms with van der Waals surface area (Å²) in [6.45, 7) is 2.42. The number of hydrogen-bond acceptors (Lipinski definition) is 8. The van der Waals surface area contributed by atoms with Gasteiger partial charge in [0.25, 0.3) is 0 Å². The number of benzene rings is 4. The van der Waals surface area contributed by atoms with E-state index in [0.717, 1.165) is 69.1 Å². The summed E-state index contributed by atoms with van der Waals surface area (Å²) in [5.74, 6) is 1.63. The highest BCUT2D eigenvalue weighted by Gasteiger charge is 2.22. The van der Waals surface area contributed by atoms with Gasteiger partial charge in [0.2, 0.25) is 5.91 Å². The van der Waals surface area contributed by atoms with E-state index in [1.165, 1.54) is 38.3 Å². The Hall–Kier alpha value is -4.88. The van der Waals surface area contributed by atoms with Gasteiger partial charge >= 0.3 is 0 Å². The lowest BCUT2D eigenvalue weighted by atomic mass is 9.94. The molecule has 4 aromatic rings. The summed E-state index contributed by atoms with van der Waals surface area (Å²) in [6, 6.07) is 24.9. The first-order chi connectivity index (χ1) is 25.8. The van der Waals surface area contributed by atoms with Crippen LogP contribution in [0.25, 0.3) is 22.3 Å². The molecule has 1 amide bonds. The number of halogens is 1. The number of nitrogens with one attached hydrogen (secondary N) is 4. The summed E-state index contributed by atoms with van der Waals surface area (Å²) in [5.41, 5.74) is 8.30. The molecule has 9 nitrogen and oxygen atoms in total. The molecule has 4 N–H and O–H groups in total. The van der Waals surface area contributed by atoms with Crippen LogP contribution in [0.5, 0.6) is 11.5 Å². The van der Waals surface area contributed by atoms with Crippen LogP contribution >= 0.6 is 11.6 Å². The standard InChI is InChI=1S/C43H49ClN6O3/c1-50(34-9-5-4-6-10-34)27-32-19-30(22-45)31(21-41(32)53-3)25-48-39-14-8-12-36(38(39)23-46)37-13-7-11-35(43(37)44)28-15-16-29(40(20-28)52-2)24-47-26-33-17-18-42(51)49-33/h7-8,11-16,19-21,23,33-34,46-48H,4-6,9-10,17-18,24-27H2,1-3H3,(H,49,51). The zero-order valence-corrected chi connectivity index (χ0v) is 31.6. The van der Waals surface area contributed by atoms with Crippen LogP contribution in [-0.2, 0) is 24.4 Å². The van der Waals surface area contributed by atoms with Crippen LogP contribution < -0.4 is 25.4 Å². The van der Waals surface area contributed by atoms with E-state index >= 15 is 0 Å². The molecule has 1 aliphatic heterocycles. The normalized spacial score (nSPS) is 15.9. The summed E-state index contributed by atoms with van der Waals surface area (Å²) in [4.78, 5) is 13.9. The van der Waals surface area contributed by atoms with Gasteiger partial charge in [-0.3, -0.25) is 9.69 Å². The molecule has 2 aliphatic rings. The summed E-state index contributed by atoms with van der Waals surface area (Å²) < 4.78 is 11.6. The lowest BCUT2D eigenvalue weighted by Gasteiger charge is -2.31. The SMILES string of the molecule is COc1cc(-c2cccc(-c3cccc(NCc4cc(OC)c(CN(C)C5CCCCC5)cc4C#N)c3C=N)c2Cl)ccc1CNCC1CCC(=O)N1. The molecule has 1 unspecified atom stereocenters. The van der Waals surface area contributed by atoms with Crippen LogP contribution in [0, 0.1) is 16.7 Å². The highest BCUT2D eigenvalue weighted by atomic mass is 35.5. The number of carbonyl (C=O) groups is 1. The lowest BCUT2D eigenvalue weighted by Crippen LogP contribution is -2.35. The Bertz CT molecular complexity index is 1990. The van der Waals surface area contributed by atoms with Crippen molar-refractivity contribution in [2.24, 2.45) is 0 Å². The fourth-order valence-corrected chi connectivity index (χ4v) is 8.02. The quantitative estimate of drug-likeness (QED) is 0.0908. The molecule has 53 heavy (non-hydrogen) atoms. The number of amides is 1. The van der Waals surface area contributed by atoms with Crippen molar-refractivity contribution >= 4 is 29.4 Å². The Morgan fingerprint density at radius 2 is 1.66 bits per heavy atom. The van der Waals surface area contributed by atoms with Crippen molar-refractivity contribution in [2.75, 3.05) is 33.1 Å². The minimum absolute atomic E-state index is 0.109. The number of carbonyl (C=O) groups excluding carboxylic acids is 1. The van der Waals surface area contributed by atoms with Crippen molar-refractivity contribution in [2.45, 2.75) is 76.7 Å². The first-order valence-electron chi connectivity index (χ1n) is 18.5. The van der Waals surface area contributed by atoms with E-state index in [4.69, 9.17) is 26.5 Å². The molecule has 1 atom stereocenters. The molecular weight excluding hydrogens is 684 g/mol. The largest absolute Gasteiger partial charge is 0.496 e. The first-order valence-corrected chi connectivity index (χ1v) is 18.8. The van der Waals surface area contributed by atoms with Gasteiger partial charge in [-0.15, -0.1) is 0 Å². The molecule has 276 valence electrons. The fourth-order valence-electron chi connectivity index (χ4n) is 7.68. The van der Waals surface area contributed by atoms with Crippen molar-refractivity contribution < 1.29 is 14.3 Å². The Morgan fingerprint density at radius 3 is 2.38 bits per heavy atom. The van der Waals surface area contributed by atoms with Crippen LogP contribution in [0.4, 0.5) is 5.69 Å². The second kappa shape index (κ2) is 17.8. The van der Waals surface area contributed by atoms with E-state index in [-0.39, 0.29) is 11.9 Å². The molecule has 6 rings (SSSR count). The third kappa shape index (κ3) is 8.85. The van der Waals surface area contributed by atoms with Gasteiger partial charge in [-0.2, -0.15) is 5.26 Å². The van der Waals surface area contributed by atoms with Crippen molar-refractivity contribution in [1.82, 2.24) is 15.5 Å². The molecule has 1 heterocycles.